The molecule has 0 saturated heterocycles. The van der Waals surface area contributed by atoms with Crippen LogP contribution in [-0.2, 0) is 0 Å². The normalized spacial score (nSPS) is 54.2. The summed E-state index contributed by atoms with van der Waals surface area (Å²) in [4.78, 5) is 0. The van der Waals surface area contributed by atoms with Crippen LogP contribution in [0.15, 0.2) is 0 Å². The fourth-order valence-electron chi connectivity index (χ4n) is 10.3. The Morgan fingerprint density at radius 1 is 0.815 bits per heavy atom. The standard InChI is InChI=1S/C27H46/c1-18(2)7-6-8-19(3)22-9-10-23-21-12-16-27-17-20(27)11-15-26(27,5)24(21)13-14-25(22,23)4/h18-24H,6-17H2,1-5H3/t19-,20+,21+,22-,23+,24+,25-,26-,27-/m1/s1. The first kappa shape index (κ1) is 19.0. The van der Waals surface area contributed by atoms with Gasteiger partial charge in [0.1, 0.15) is 0 Å². The Bertz CT molecular complexity index is 577. The molecule has 0 amide bonds. The lowest BCUT2D eigenvalue weighted by Gasteiger charge is -2.59. The fraction of sp³-hybridized carbons (Fsp3) is 1.00. The van der Waals surface area contributed by atoms with E-state index in [4.69, 9.17) is 0 Å². The van der Waals surface area contributed by atoms with Gasteiger partial charge in [-0.15, -0.1) is 0 Å². The van der Waals surface area contributed by atoms with Crippen LogP contribution < -0.4 is 0 Å². The number of rotatable bonds is 5. The molecular formula is C27H46. The van der Waals surface area contributed by atoms with Crippen molar-refractivity contribution in [1.29, 1.82) is 0 Å². The predicted octanol–water partition coefficient (Wildman–Crippen LogP) is 8.11. The summed E-state index contributed by atoms with van der Waals surface area (Å²) >= 11 is 0. The number of fused-ring (bicyclic) bond motifs is 4. The first-order valence-corrected chi connectivity index (χ1v) is 12.8. The molecule has 0 N–H and O–H groups in total. The molecule has 5 aliphatic rings. The highest BCUT2D eigenvalue weighted by molar-refractivity contribution is 5.22. The van der Waals surface area contributed by atoms with Gasteiger partial charge in [-0.1, -0.05) is 53.9 Å². The van der Waals surface area contributed by atoms with Crippen molar-refractivity contribution in [1.82, 2.24) is 0 Å². The van der Waals surface area contributed by atoms with Crippen molar-refractivity contribution in [3.63, 3.8) is 0 Å². The summed E-state index contributed by atoms with van der Waals surface area (Å²) in [6.07, 6.45) is 18.6. The zero-order chi connectivity index (χ0) is 19.0. The van der Waals surface area contributed by atoms with Crippen LogP contribution in [0.4, 0.5) is 0 Å². The molecule has 5 fully saturated rings. The highest BCUT2D eigenvalue weighted by atomic mass is 14.8. The summed E-state index contributed by atoms with van der Waals surface area (Å²) in [6.45, 7) is 12.9. The molecule has 0 aromatic heterocycles. The van der Waals surface area contributed by atoms with Crippen LogP contribution in [0.3, 0.4) is 0 Å². The Hall–Kier alpha value is 0. The van der Waals surface area contributed by atoms with Crippen molar-refractivity contribution >= 4 is 0 Å². The van der Waals surface area contributed by atoms with E-state index >= 15 is 0 Å². The lowest BCUT2D eigenvalue weighted by atomic mass is 9.46. The van der Waals surface area contributed by atoms with Crippen LogP contribution >= 0.6 is 0 Å². The van der Waals surface area contributed by atoms with Gasteiger partial charge in [-0.3, -0.25) is 0 Å². The minimum atomic E-state index is 0.681. The van der Waals surface area contributed by atoms with Crippen molar-refractivity contribution in [3.05, 3.63) is 0 Å². The van der Waals surface area contributed by atoms with Gasteiger partial charge in [-0.25, -0.2) is 0 Å². The summed E-state index contributed by atoms with van der Waals surface area (Å²) in [6, 6.07) is 0. The molecule has 0 aliphatic heterocycles. The molecule has 0 radical (unpaired) electrons. The fourth-order valence-corrected chi connectivity index (χ4v) is 10.3. The maximum absolute atomic E-state index is 2.76. The molecule has 0 aromatic rings. The van der Waals surface area contributed by atoms with Crippen molar-refractivity contribution in [3.8, 4) is 0 Å². The topological polar surface area (TPSA) is 0 Å². The van der Waals surface area contributed by atoms with E-state index in [0.29, 0.717) is 5.41 Å². The van der Waals surface area contributed by atoms with Crippen LogP contribution in [0.1, 0.15) is 112 Å². The van der Waals surface area contributed by atoms with E-state index in [1.54, 1.807) is 57.8 Å². The maximum atomic E-state index is 2.76. The number of hydrogen-bond donors (Lipinski definition) is 0. The van der Waals surface area contributed by atoms with Crippen LogP contribution in [0.2, 0.25) is 0 Å². The highest BCUT2D eigenvalue weighted by Crippen LogP contribution is 2.81. The molecule has 154 valence electrons. The van der Waals surface area contributed by atoms with Crippen molar-refractivity contribution in [2.24, 2.45) is 57.7 Å². The third-order valence-electron chi connectivity index (χ3n) is 11.8. The first-order valence-electron chi connectivity index (χ1n) is 12.8. The van der Waals surface area contributed by atoms with E-state index in [-0.39, 0.29) is 0 Å². The van der Waals surface area contributed by atoms with E-state index in [9.17, 15) is 0 Å². The lowest BCUT2D eigenvalue weighted by Crippen LogP contribution is -2.52. The molecule has 0 unspecified atom stereocenters. The average Bonchev–Trinajstić information content (AvgIpc) is 3.09. The van der Waals surface area contributed by atoms with Gasteiger partial charge >= 0.3 is 0 Å². The van der Waals surface area contributed by atoms with Crippen LogP contribution in [0, 0.1) is 57.7 Å². The smallest absolute Gasteiger partial charge is 0.0209 e. The van der Waals surface area contributed by atoms with E-state index in [1.807, 2.05) is 0 Å². The van der Waals surface area contributed by atoms with Crippen molar-refractivity contribution < 1.29 is 0 Å². The molecule has 9 atom stereocenters. The Morgan fingerprint density at radius 3 is 2.37 bits per heavy atom. The van der Waals surface area contributed by atoms with Gasteiger partial charge in [0.15, 0.2) is 0 Å². The van der Waals surface area contributed by atoms with Crippen LogP contribution in [0.25, 0.3) is 0 Å². The first-order chi connectivity index (χ1) is 12.8. The summed E-state index contributed by atoms with van der Waals surface area (Å²) < 4.78 is 0. The molecule has 0 bridgehead atoms. The van der Waals surface area contributed by atoms with Crippen molar-refractivity contribution in [2.75, 3.05) is 0 Å². The van der Waals surface area contributed by atoms with Gasteiger partial charge in [0.05, 0.1) is 0 Å². The zero-order valence-corrected chi connectivity index (χ0v) is 19.0. The van der Waals surface area contributed by atoms with Crippen LogP contribution in [0.5, 0.6) is 0 Å². The Labute approximate surface area is 169 Å². The van der Waals surface area contributed by atoms with E-state index in [0.717, 1.165) is 52.3 Å². The van der Waals surface area contributed by atoms with Gasteiger partial charge in [-0.2, -0.15) is 0 Å². The largest absolute Gasteiger partial charge is 0.0628 e. The molecule has 5 saturated carbocycles. The third-order valence-corrected chi connectivity index (χ3v) is 11.8. The molecule has 0 heteroatoms. The Kier molecular flexibility index (Phi) is 4.39. The zero-order valence-electron chi connectivity index (χ0n) is 19.0. The highest BCUT2D eigenvalue weighted by Gasteiger charge is 2.73. The van der Waals surface area contributed by atoms with Crippen LogP contribution in [-0.4, -0.2) is 0 Å². The quantitative estimate of drug-likeness (QED) is 0.458. The molecule has 1 spiro atoms. The third kappa shape index (κ3) is 2.53. The molecule has 5 aliphatic carbocycles. The molecule has 5 rings (SSSR count). The van der Waals surface area contributed by atoms with E-state index in [1.165, 1.54) is 19.3 Å². The van der Waals surface area contributed by atoms with Gasteiger partial charge in [0, 0.05) is 0 Å². The second-order valence-corrected chi connectivity index (χ2v) is 13.0. The second-order valence-electron chi connectivity index (χ2n) is 13.0. The monoisotopic (exact) mass is 370 g/mol. The summed E-state index contributed by atoms with van der Waals surface area (Å²) in [5.74, 6) is 7.26. The molecule has 0 aromatic carbocycles. The minimum Gasteiger partial charge on any atom is -0.0628 e. The van der Waals surface area contributed by atoms with Crippen molar-refractivity contribution in [2.45, 2.75) is 112 Å². The molecule has 0 nitrogen and oxygen atoms in total. The van der Waals surface area contributed by atoms with Gasteiger partial charge in [0.25, 0.3) is 0 Å². The SMILES string of the molecule is CC(C)CCC[C@@H](C)[C@H]1CC[C@H]2[C@@H]3CC[C@@]45C[C@@H]4CC[C@]5(C)[C@H]3CC[C@]12C. The molecular weight excluding hydrogens is 324 g/mol. The summed E-state index contributed by atoms with van der Waals surface area (Å²) in [7, 11) is 0. The summed E-state index contributed by atoms with van der Waals surface area (Å²) in [5, 5.41) is 0. The Balaban J connectivity index is 1.31. The molecule has 27 heavy (non-hydrogen) atoms. The van der Waals surface area contributed by atoms with E-state index in [2.05, 4.69) is 34.6 Å². The summed E-state index contributed by atoms with van der Waals surface area (Å²) in [5.41, 5.74) is 2.26. The van der Waals surface area contributed by atoms with Gasteiger partial charge in [0.2, 0.25) is 0 Å². The minimum absolute atomic E-state index is 0.681. The van der Waals surface area contributed by atoms with E-state index < -0.39 is 0 Å². The number of hydrogen-bond acceptors (Lipinski definition) is 0. The molecule has 0 heterocycles. The Morgan fingerprint density at radius 2 is 1.63 bits per heavy atom. The lowest BCUT2D eigenvalue weighted by molar-refractivity contribution is -0.104. The maximum Gasteiger partial charge on any atom is -0.0209 e. The average molecular weight is 371 g/mol. The van der Waals surface area contributed by atoms with Gasteiger partial charge < -0.3 is 0 Å². The second kappa shape index (κ2) is 6.25. The van der Waals surface area contributed by atoms with Gasteiger partial charge in [-0.05, 0) is 115 Å². The predicted molar refractivity (Wildman–Crippen MR) is 116 cm³/mol.